The summed E-state index contributed by atoms with van der Waals surface area (Å²) in [4.78, 5) is 42.7. The average Bonchev–Trinajstić information content (AvgIpc) is 3.76. The van der Waals surface area contributed by atoms with E-state index in [-0.39, 0.29) is 47.4 Å². The summed E-state index contributed by atoms with van der Waals surface area (Å²) in [6.45, 7) is 1.70. The molecule has 1 unspecified atom stereocenters. The van der Waals surface area contributed by atoms with Crippen LogP contribution in [0.3, 0.4) is 0 Å². The van der Waals surface area contributed by atoms with Gasteiger partial charge in [0.15, 0.2) is 0 Å². The Morgan fingerprint density at radius 2 is 1.74 bits per heavy atom. The number of hydrogen-bond acceptors (Lipinski definition) is 8. The number of nitrogens with two attached hydrogens (primary N) is 1. The maximum absolute atomic E-state index is 14.2. The summed E-state index contributed by atoms with van der Waals surface area (Å²) in [5.74, 6) is 0.0427. The van der Waals surface area contributed by atoms with E-state index in [4.69, 9.17) is 24.4 Å². The third-order valence-electron chi connectivity index (χ3n) is 11.3. The number of ether oxygens (including phenoxy) is 3. The standard InChI is InChI=1S/C36H50FN3O7/c1-44-28-9-6-23(7-10-28)29-12-15-40(35(42)25-4-2-24(3-5-25)30(38)20-37)33(29)34(41)39-27-8-11-31-26(18-27)19-32(47-31)36(43)46-21-22-13-16-45-17-14-22/h8,11,18-19,22-25,28-30,33H,2-7,9-10,12-17,20-21,38H2,1H3,(H,39,41)/t23?,24-,25-,28?,29-,30?,33-/m0/s1. The molecular weight excluding hydrogens is 605 g/mol. The van der Waals surface area contributed by atoms with E-state index in [0.717, 1.165) is 57.8 Å². The predicted molar refractivity (Wildman–Crippen MR) is 174 cm³/mol. The highest BCUT2D eigenvalue weighted by Gasteiger charge is 2.47. The average molecular weight is 656 g/mol. The number of likely N-dealkylation sites (tertiary alicyclic amines) is 1. The minimum atomic E-state index is -0.576. The Balaban J connectivity index is 1.15. The van der Waals surface area contributed by atoms with Gasteiger partial charge in [0.1, 0.15) is 18.3 Å². The Bertz CT molecular complexity index is 1380. The molecule has 3 heterocycles. The summed E-state index contributed by atoms with van der Waals surface area (Å²) in [7, 11) is 1.75. The molecule has 3 atom stereocenters. The second-order valence-electron chi connectivity index (χ2n) is 14.1. The molecule has 2 aliphatic heterocycles. The first-order valence-corrected chi connectivity index (χ1v) is 17.6. The zero-order valence-corrected chi connectivity index (χ0v) is 27.5. The summed E-state index contributed by atoms with van der Waals surface area (Å²) in [5.41, 5.74) is 7.07. The fourth-order valence-corrected chi connectivity index (χ4v) is 8.42. The van der Waals surface area contributed by atoms with Crippen molar-refractivity contribution in [2.24, 2.45) is 35.3 Å². The number of nitrogens with one attached hydrogen (secondary N) is 1. The highest BCUT2D eigenvalue weighted by Crippen LogP contribution is 2.42. The maximum atomic E-state index is 14.2. The molecule has 0 bridgehead atoms. The van der Waals surface area contributed by atoms with Crippen LogP contribution >= 0.6 is 0 Å². The molecule has 4 aliphatic rings. The summed E-state index contributed by atoms with van der Waals surface area (Å²) >= 11 is 0. The predicted octanol–water partition coefficient (Wildman–Crippen LogP) is 5.48. The molecule has 3 N–H and O–H groups in total. The van der Waals surface area contributed by atoms with Gasteiger partial charge in [-0.05, 0) is 119 Å². The molecule has 6 rings (SSSR count). The first-order chi connectivity index (χ1) is 22.8. The van der Waals surface area contributed by atoms with Gasteiger partial charge in [0, 0.05) is 49.9 Å². The van der Waals surface area contributed by atoms with Gasteiger partial charge in [-0.1, -0.05) is 0 Å². The van der Waals surface area contributed by atoms with Crippen molar-refractivity contribution >= 4 is 34.4 Å². The highest BCUT2D eigenvalue weighted by molar-refractivity contribution is 6.00. The van der Waals surface area contributed by atoms with Gasteiger partial charge in [0.2, 0.25) is 17.6 Å². The van der Waals surface area contributed by atoms with Gasteiger partial charge in [0.25, 0.3) is 0 Å². The van der Waals surface area contributed by atoms with Gasteiger partial charge in [-0.25, -0.2) is 9.18 Å². The van der Waals surface area contributed by atoms with Crippen molar-refractivity contribution in [3.8, 4) is 0 Å². The number of anilines is 1. The molecular formula is C36H50FN3O7. The second-order valence-corrected chi connectivity index (χ2v) is 14.1. The third-order valence-corrected chi connectivity index (χ3v) is 11.3. The van der Waals surface area contributed by atoms with Crippen molar-refractivity contribution in [2.75, 3.05) is 45.5 Å². The molecule has 1 aromatic carbocycles. The second kappa shape index (κ2) is 15.5. The zero-order chi connectivity index (χ0) is 32.9. The van der Waals surface area contributed by atoms with Crippen molar-refractivity contribution in [3.05, 3.63) is 30.0 Å². The number of methoxy groups -OCH3 is 1. The Kier molecular flexibility index (Phi) is 11.1. The Morgan fingerprint density at radius 1 is 1.00 bits per heavy atom. The number of halogens is 1. The molecule has 11 heteroatoms. The van der Waals surface area contributed by atoms with E-state index < -0.39 is 24.7 Å². The minimum Gasteiger partial charge on any atom is -0.460 e. The molecule has 0 radical (unpaired) electrons. The van der Waals surface area contributed by atoms with Crippen molar-refractivity contribution in [1.29, 1.82) is 0 Å². The van der Waals surface area contributed by atoms with Gasteiger partial charge in [-0.2, -0.15) is 0 Å². The van der Waals surface area contributed by atoms with Crippen molar-refractivity contribution < 1.29 is 37.4 Å². The fourth-order valence-electron chi connectivity index (χ4n) is 8.42. The maximum Gasteiger partial charge on any atom is 0.374 e. The van der Waals surface area contributed by atoms with E-state index in [0.29, 0.717) is 61.8 Å². The molecule has 258 valence electrons. The van der Waals surface area contributed by atoms with E-state index in [9.17, 15) is 18.8 Å². The van der Waals surface area contributed by atoms with Crippen LogP contribution in [0.15, 0.2) is 28.7 Å². The lowest BCUT2D eigenvalue weighted by atomic mass is 9.75. The lowest BCUT2D eigenvalue weighted by Crippen LogP contribution is -2.50. The van der Waals surface area contributed by atoms with E-state index >= 15 is 0 Å². The quantitative estimate of drug-likeness (QED) is 0.322. The number of esters is 1. The summed E-state index contributed by atoms with van der Waals surface area (Å²) in [5, 5.41) is 3.78. The number of amides is 2. The van der Waals surface area contributed by atoms with Crippen molar-refractivity contribution in [1.82, 2.24) is 4.90 Å². The molecule has 2 amide bonds. The number of rotatable bonds is 10. The van der Waals surface area contributed by atoms with Crippen LogP contribution in [0.25, 0.3) is 11.0 Å². The molecule has 0 spiro atoms. The number of carbonyl (C=O) groups is 3. The van der Waals surface area contributed by atoms with E-state index in [1.54, 1.807) is 31.4 Å². The monoisotopic (exact) mass is 655 g/mol. The first-order valence-electron chi connectivity index (χ1n) is 17.6. The Hall–Kier alpha value is -3.02. The van der Waals surface area contributed by atoms with Gasteiger partial charge >= 0.3 is 5.97 Å². The van der Waals surface area contributed by atoms with Gasteiger partial charge < -0.3 is 34.6 Å². The largest absolute Gasteiger partial charge is 0.460 e. The van der Waals surface area contributed by atoms with Crippen molar-refractivity contribution in [3.63, 3.8) is 0 Å². The lowest BCUT2D eigenvalue weighted by molar-refractivity contribution is -0.142. The molecule has 1 aromatic heterocycles. The number of carbonyl (C=O) groups excluding carboxylic acids is 3. The molecule has 4 fully saturated rings. The molecule has 2 saturated heterocycles. The molecule has 2 aromatic rings. The lowest BCUT2D eigenvalue weighted by Gasteiger charge is -2.37. The van der Waals surface area contributed by atoms with Crippen LogP contribution in [0.1, 0.15) is 81.2 Å². The highest BCUT2D eigenvalue weighted by atomic mass is 19.1. The van der Waals surface area contributed by atoms with Gasteiger partial charge in [-0.3, -0.25) is 9.59 Å². The molecule has 2 aliphatic carbocycles. The number of fused-ring (bicyclic) bond motifs is 1. The number of furan rings is 1. The van der Waals surface area contributed by atoms with Crippen molar-refractivity contribution in [2.45, 2.75) is 88.8 Å². The summed E-state index contributed by atoms with van der Waals surface area (Å²) < 4.78 is 35.5. The van der Waals surface area contributed by atoms with Crippen LogP contribution in [-0.2, 0) is 23.8 Å². The number of benzene rings is 1. The third kappa shape index (κ3) is 7.84. The molecule has 2 saturated carbocycles. The Morgan fingerprint density at radius 3 is 2.45 bits per heavy atom. The van der Waals surface area contributed by atoms with Crippen LogP contribution in [-0.4, -0.2) is 81.0 Å². The smallest absolute Gasteiger partial charge is 0.374 e. The van der Waals surface area contributed by atoms with Crippen LogP contribution in [0.4, 0.5) is 10.1 Å². The van der Waals surface area contributed by atoms with Gasteiger partial charge in [0.05, 0.1) is 12.7 Å². The van der Waals surface area contributed by atoms with Crippen LogP contribution < -0.4 is 11.1 Å². The topological polar surface area (TPSA) is 133 Å². The SMILES string of the molecule is COC1CCC([C@@H]2CCN(C(=O)[C@H]3CC[C@H](C(N)CF)CC3)[C@@H]2C(=O)Nc2ccc3oc(C(=O)OCC4CCOCC4)cc3c2)CC1. The minimum absolute atomic E-state index is 0.0275. The zero-order valence-electron chi connectivity index (χ0n) is 27.5. The first kappa shape index (κ1) is 33.9. The van der Waals surface area contributed by atoms with E-state index in [2.05, 4.69) is 5.32 Å². The Labute approximate surface area is 276 Å². The van der Waals surface area contributed by atoms with Gasteiger partial charge in [-0.15, -0.1) is 0 Å². The molecule has 10 nitrogen and oxygen atoms in total. The van der Waals surface area contributed by atoms with Crippen LogP contribution in [0.5, 0.6) is 0 Å². The number of hydrogen-bond donors (Lipinski definition) is 2. The summed E-state index contributed by atoms with van der Waals surface area (Å²) in [6, 6.07) is 5.88. The van der Waals surface area contributed by atoms with Crippen LogP contribution in [0, 0.1) is 29.6 Å². The van der Waals surface area contributed by atoms with Crippen LogP contribution in [0.2, 0.25) is 0 Å². The number of nitrogens with zero attached hydrogens (tertiary/aromatic N) is 1. The summed E-state index contributed by atoms with van der Waals surface area (Å²) in [6.07, 6.45) is 9.40. The molecule has 47 heavy (non-hydrogen) atoms. The fraction of sp³-hybridized carbons (Fsp3) is 0.694. The number of alkyl halides is 1. The normalized spacial score (nSPS) is 29.5. The van der Waals surface area contributed by atoms with E-state index in [1.165, 1.54) is 0 Å². The van der Waals surface area contributed by atoms with E-state index in [1.807, 2.05) is 4.90 Å².